The van der Waals surface area contributed by atoms with Crippen LogP contribution >= 0.6 is 0 Å². The molecule has 0 aliphatic carbocycles. The van der Waals surface area contributed by atoms with Crippen molar-refractivity contribution in [2.24, 2.45) is 0 Å². The van der Waals surface area contributed by atoms with Gasteiger partial charge in [0.15, 0.2) is 6.04 Å². The largest absolute Gasteiger partial charge is 0.467 e. The molecule has 0 radical (unpaired) electrons. The first-order valence-electron chi connectivity index (χ1n) is 3.16. The first kappa shape index (κ1) is 8.00. The summed E-state index contributed by atoms with van der Waals surface area (Å²) in [5, 5.41) is 0. The van der Waals surface area contributed by atoms with Crippen LogP contribution in [0.2, 0.25) is 0 Å². The number of hydrogen-bond donors (Lipinski definition) is 0. The third-order valence-electron chi connectivity index (χ3n) is 1.53. The summed E-state index contributed by atoms with van der Waals surface area (Å²) in [6.45, 7) is 0.397. The summed E-state index contributed by atoms with van der Waals surface area (Å²) in [6.07, 6.45) is 0.578. The van der Waals surface area contributed by atoms with Gasteiger partial charge in [0.1, 0.15) is 6.73 Å². The molecule has 0 saturated carbocycles. The van der Waals surface area contributed by atoms with E-state index in [1.165, 1.54) is 12.0 Å². The molecule has 11 heavy (non-hydrogen) atoms. The molecule has 1 unspecified atom stereocenters. The summed E-state index contributed by atoms with van der Waals surface area (Å²) in [5.74, 6) is -0.436. The molecule has 0 bridgehead atoms. The average Bonchev–Trinajstić information content (AvgIpc) is 2.50. The van der Waals surface area contributed by atoms with E-state index in [-0.39, 0.29) is 13.3 Å². The zero-order valence-electron chi connectivity index (χ0n) is 6.15. The first-order valence-corrected chi connectivity index (χ1v) is 3.16. The van der Waals surface area contributed by atoms with Crippen LogP contribution in [0.4, 0.5) is 0 Å². The van der Waals surface area contributed by atoms with Gasteiger partial charge in [0.05, 0.1) is 13.7 Å². The SMILES string of the molecule is COC(=O)C1COCN1C=O. The highest BCUT2D eigenvalue weighted by atomic mass is 16.5. The molecule has 5 heteroatoms. The second kappa shape index (κ2) is 3.34. The van der Waals surface area contributed by atoms with Gasteiger partial charge in [-0.15, -0.1) is 0 Å². The van der Waals surface area contributed by atoms with Crippen LogP contribution in [0.1, 0.15) is 0 Å². The molecule has 0 N–H and O–H groups in total. The summed E-state index contributed by atoms with van der Waals surface area (Å²) >= 11 is 0. The lowest BCUT2D eigenvalue weighted by atomic mass is 10.3. The van der Waals surface area contributed by atoms with Crippen molar-refractivity contribution in [3.63, 3.8) is 0 Å². The Morgan fingerprint density at radius 1 is 1.82 bits per heavy atom. The van der Waals surface area contributed by atoms with E-state index in [1.807, 2.05) is 0 Å². The minimum absolute atomic E-state index is 0.170. The van der Waals surface area contributed by atoms with Crippen molar-refractivity contribution in [1.82, 2.24) is 4.90 Å². The average molecular weight is 159 g/mol. The van der Waals surface area contributed by atoms with Crippen LogP contribution in [0.5, 0.6) is 0 Å². The molecular formula is C6H9NO4. The number of esters is 1. The summed E-state index contributed by atoms with van der Waals surface area (Å²) in [5.41, 5.74) is 0. The minimum atomic E-state index is -0.558. The van der Waals surface area contributed by atoms with Gasteiger partial charge >= 0.3 is 5.97 Å². The van der Waals surface area contributed by atoms with E-state index < -0.39 is 12.0 Å². The maximum absolute atomic E-state index is 10.9. The Morgan fingerprint density at radius 3 is 3.09 bits per heavy atom. The molecule has 1 fully saturated rings. The van der Waals surface area contributed by atoms with Crippen molar-refractivity contribution in [3.05, 3.63) is 0 Å². The zero-order chi connectivity index (χ0) is 8.27. The van der Waals surface area contributed by atoms with Gasteiger partial charge in [-0.3, -0.25) is 4.79 Å². The third kappa shape index (κ3) is 1.48. The normalized spacial score (nSPS) is 23.4. The molecule has 1 saturated heterocycles. The monoisotopic (exact) mass is 159 g/mol. The number of carbonyl (C=O) groups is 2. The number of methoxy groups -OCH3 is 1. The number of hydrogen-bond acceptors (Lipinski definition) is 4. The number of nitrogens with zero attached hydrogens (tertiary/aromatic N) is 1. The van der Waals surface area contributed by atoms with E-state index in [0.717, 1.165) is 0 Å². The summed E-state index contributed by atoms with van der Waals surface area (Å²) in [4.78, 5) is 22.4. The van der Waals surface area contributed by atoms with E-state index >= 15 is 0 Å². The van der Waals surface area contributed by atoms with Crippen molar-refractivity contribution >= 4 is 12.4 Å². The zero-order valence-corrected chi connectivity index (χ0v) is 6.15. The lowest BCUT2D eigenvalue weighted by Gasteiger charge is -2.13. The topological polar surface area (TPSA) is 55.8 Å². The molecule has 0 aromatic heterocycles. The van der Waals surface area contributed by atoms with Gasteiger partial charge in [0.25, 0.3) is 0 Å². The van der Waals surface area contributed by atoms with E-state index in [0.29, 0.717) is 6.41 Å². The molecule has 62 valence electrons. The molecule has 0 aromatic rings. The Hall–Kier alpha value is -1.10. The van der Waals surface area contributed by atoms with Crippen LogP contribution in [-0.2, 0) is 19.1 Å². The van der Waals surface area contributed by atoms with Gasteiger partial charge in [-0.05, 0) is 0 Å². The fourth-order valence-electron chi connectivity index (χ4n) is 0.899. The summed E-state index contributed by atoms with van der Waals surface area (Å²) in [6, 6.07) is -0.558. The second-order valence-electron chi connectivity index (χ2n) is 2.16. The van der Waals surface area contributed by atoms with Gasteiger partial charge < -0.3 is 14.4 Å². The van der Waals surface area contributed by atoms with Gasteiger partial charge in [-0.1, -0.05) is 0 Å². The number of amides is 1. The van der Waals surface area contributed by atoms with Crippen molar-refractivity contribution in [3.8, 4) is 0 Å². The van der Waals surface area contributed by atoms with Crippen LogP contribution in [-0.4, -0.2) is 43.8 Å². The number of rotatable bonds is 2. The van der Waals surface area contributed by atoms with E-state index in [2.05, 4.69) is 4.74 Å². The van der Waals surface area contributed by atoms with Gasteiger partial charge in [-0.2, -0.15) is 0 Å². The van der Waals surface area contributed by atoms with Crippen LogP contribution in [0, 0.1) is 0 Å². The smallest absolute Gasteiger partial charge is 0.331 e. The molecule has 1 aliphatic rings. The predicted molar refractivity (Wildman–Crippen MR) is 34.5 cm³/mol. The molecule has 0 spiro atoms. The van der Waals surface area contributed by atoms with Crippen molar-refractivity contribution in [1.29, 1.82) is 0 Å². The highest BCUT2D eigenvalue weighted by Crippen LogP contribution is 2.07. The Bertz CT molecular complexity index is 170. The lowest BCUT2D eigenvalue weighted by Crippen LogP contribution is -2.37. The van der Waals surface area contributed by atoms with E-state index in [1.54, 1.807) is 0 Å². The minimum Gasteiger partial charge on any atom is -0.467 e. The van der Waals surface area contributed by atoms with Crippen molar-refractivity contribution in [2.45, 2.75) is 6.04 Å². The molecular weight excluding hydrogens is 150 g/mol. The highest BCUT2D eigenvalue weighted by Gasteiger charge is 2.31. The highest BCUT2D eigenvalue weighted by molar-refractivity contribution is 5.78. The fraction of sp³-hybridized carbons (Fsp3) is 0.667. The first-order chi connectivity index (χ1) is 5.29. The Morgan fingerprint density at radius 2 is 2.55 bits per heavy atom. The Kier molecular flexibility index (Phi) is 2.43. The lowest BCUT2D eigenvalue weighted by molar-refractivity contribution is -0.147. The molecule has 1 aliphatic heterocycles. The quantitative estimate of drug-likeness (QED) is 0.382. The molecule has 1 atom stereocenters. The van der Waals surface area contributed by atoms with Gasteiger partial charge in [0.2, 0.25) is 6.41 Å². The van der Waals surface area contributed by atoms with Crippen LogP contribution in [0.25, 0.3) is 0 Å². The summed E-state index contributed by atoms with van der Waals surface area (Å²) < 4.78 is 9.32. The molecule has 1 amide bonds. The Labute approximate surface area is 63.9 Å². The second-order valence-corrected chi connectivity index (χ2v) is 2.16. The van der Waals surface area contributed by atoms with Crippen LogP contribution in [0.15, 0.2) is 0 Å². The molecule has 5 nitrogen and oxygen atoms in total. The molecule has 0 aromatic carbocycles. The molecule has 1 rings (SSSR count). The third-order valence-corrected chi connectivity index (χ3v) is 1.53. The maximum Gasteiger partial charge on any atom is 0.331 e. The van der Waals surface area contributed by atoms with Crippen molar-refractivity contribution in [2.75, 3.05) is 20.4 Å². The Balaban J connectivity index is 2.56. The van der Waals surface area contributed by atoms with E-state index in [4.69, 9.17) is 4.74 Å². The van der Waals surface area contributed by atoms with Crippen LogP contribution in [0.3, 0.4) is 0 Å². The number of ether oxygens (including phenoxy) is 2. The summed E-state index contributed by atoms with van der Waals surface area (Å²) in [7, 11) is 1.28. The van der Waals surface area contributed by atoms with Gasteiger partial charge in [-0.25, -0.2) is 4.79 Å². The van der Waals surface area contributed by atoms with Crippen molar-refractivity contribution < 1.29 is 19.1 Å². The standard InChI is InChI=1S/C6H9NO4/c1-10-6(9)5-2-11-4-7(5)3-8/h3,5H,2,4H2,1H3. The fourth-order valence-corrected chi connectivity index (χ4v) is 0.899. The molecule has 1 heterocycles. The predicted octanol–water partition coefficient (Wildman–Crippen LogP) is -1.03. The maximum atomic E-state index is 10.9. The number of carbonyl (C=O) groups excluding carboxylic acids is 2. The van der Waals surface area contributed by atoms with Gasteiger partial charge in [0, 0.05) is 0 Å². The van der Waals surface area contributed by atoms with Crippen LogP contribution < -0.4 is 0 Å². The van der Waals surface area contributed by atoms with E-state index in [9.17, 15) is 9.59 Å².